The standard InChI is InChI=1S/C9H14ClN3O2S/c1-16(14,15)13-7-3-6-12-9-8(10)4-2-5-11-9/h2,4-5,13H,3,6-7H2,1H3,(H,11,12). The second-order valence-electron chi connectivity index (χ2n) is 3.28. The molecule has 0 atom stereocenters. The topological polar surface area (TPSA) is 71.1 Å². The van der Waals surface area contributed by atoms with Gasteiger partial charge in [-0.25, -0.2) is 18.1 Å². The molecule has 0 fully saturated rings. The van der Waals surface area contributed by atoms with Crippen LogP contribution < -0.4 is 10.0 Å². The summed E-state index contributed by atoms with van der Waals surface area (Å²) in [4.78, 5) is 4.04. The Morgan fingerprint density at radius 2 is 2.19 bits per heavy atom. The summed E-state index contributed by atoms with van der Waals surface area (Å²) in [6, 6.07) is 3.49. The van der Waals surface area contributed by atoms with Crippen molar-refractivity contribution in [3.05, 3.63) is 23.4 Å². The van der Waals surface area contributed by atoms with Crippen molar-refractivity contribution in [2.75, 3.05) is 24.7 Å². The molecule has 90 valence electrons. The van der Waals surface area contributed by atoms with E-state index in [-0.39, 0.29) is 0 Å². The van der Waals surface area contributed by atoms with Gasteiger partial charge in [0.15, 0.2) is 0 Å². The van der Waals surface area contributed by atoms with Gasteiger partial charge in [0.1, 0.15) is 5.82 Å². The average Bonchev–Trinajstić information content (AvgIpc) is 2.18. The van der Waals surface area contributed by atoms with Crippen molar-refractivity contribution in [3.63, 3.8) is 0 Å². The quantitative estimate of drug-likeness (QED) is 0.754. The van der Waals surface area contributed by atoms with E-state index in [1.165, 1.54) is 0 Å². The number of nitrogens with one attached hydrogen (secondary N) is 2. The molecule has 1 heterocycles. The Morgan fingerprint density at radius 1 is 1.44 bits per heavy atom. The Labute approximate surface area is 100 Å². The maximum Gasteiger partial charge on any atom is 0.208 e. The lowest BCUT2D eigenvalue weighted by atomic mass is 10.4. The molecule has 7 heteroatoms. The number of aromatic nitrogens is 1. The lowest BCUT2D eigenvalue weighted by molar-refractivity contribution is 0.586. The third-order valence-electron chi connectivity index (χ3n) is 1.77. The van der Waals surface area contributed by atoms with E-state index in [4.69, 9.17) is 11.6 Å². The maximum atomic E-state index is 10.8. The SMILES string of the molecule is CS(=O)(=O)NCCCNc1ncccc1Cl. The van der Waals surface area contributed by atoms with E-state index in [1.807, 2.05) is 0 Å². The number of rotatable bonds is 6. The second-order valence-corrected chi connectivity index (χ2v) is 5.52. The van der Waals surface area contributed by atoms with Crippen LogP contribution in [-0.2, 0) is 10.0 Å². The van der Waals surface area contributed by atoms with Crippen LogP contribution in [0.3, 0.4) is 0 Å². The van der Waals surface area contributed by atoms with Crippen LogP contribution >= 0.6 is 11.6 Å². The number of hydrogen-bond acceptors (Lipinski definition) is 4. The van der Waals surface area contributed by atoms with Crippen LogP contribution in [0.4, 0.5) is 5.82 Å². The molecular weight excluding hydrogens is 250 g/mol. The zero-order chi connectivity index (χ0) is 12.0. The summed E-state index contributed by atoms with van der Waals surface area (Å²) >= 11 is 5.87. The summed E-state index contributed by atoms with van der Waals surface area (Å²) in [6.07, 6.45) is 3.44. The molecule has 0 aliphatic heterocycles. The summed E-state index contributed by atoms with van der Waals surface area (Å²) in [7, 11) is -3.10. The average molecular weight is 264 g/mol. The van der Waals surface area contributed by atoms with Crippen molar-refractivity contribution in [3.8, 4) is 0 Å². The molecule has 16 heavy (non-hydrogen) atoms. The predicted octanol–water partition coefficient (Wildman–Crippen LogP) is 1.09. The van der Waals surface area contributed by atoms with Crippen molar-refractivity contribution in [2.45, 2.75) is 6.42 Å². The fourth-order valence-electron chi connectivity index (χ4n) is 1.07. The van der Waals surface area contributed by atoms with E-state index >= 15 is 0 Å². The molecule has 0 aliphatic carbocycles. The zero-order valence-electron chi connectivity index (χ0n) is 8.90. The molecule has 1 aromatic rings. The number of hydrogen-bond donors (Lipinski definition) is 2. The lowest BCUT2D eigenvalue weighted by Crippen LogP contribution is -2.24. The van der Waals surface area contributed by atoms with Gasteiger partial charge < -0.3 is 5.32 Å². The highest BCUT2D eigenvalue weighted by Crippen LogP contribution is 2.16. The van der Waals surface area contributed by atoms with Gasteiger partial charge >= 0.3 is 0 Å². The minimum Gasteiger partial charge on any atom is -0.369 e. The largest absolute Gasteiger partial charge is 0.369 e. The number of anilines is 1. The van der Waals surface area contributed by atoms with Crippen LogP contribution in [0.25, 0.3) is 0 Å². The van der Waals surface area contributed by atoms with Crippen LogP contribution in [0.5, 0.6) is 0 Å². The van der Waals surface area contributed by atoms with E-state index in [0.29, 0.717) is 30.4 Å². The van der Waals surface area contributed by atoms with Crippen LogP contribution in [0.1, 0.15) is 6.42 Å². The van der Waals surface area contributed by atoms with Crippen molar-refractivity contribution in [2.24, 2.45) is 0 Å². The molecule has 0 unspecified atom stereocenters. The first-order valence-electron chi connectivity index (χ1n) is 4.78. The minimum absolute atomic E-state index is 0.399. The Morgan fingerprint density at radius 3 is 2.81 bits per heavy atom. The van der Waals surface area contributed by atoms with Gasteiger partial charge in [0.25, 0.3) is 0 Å². The first-order chi connectivity index (χ1) is 7.49. The zero-order valence-corrected chi connectivity index (χ0v) is 10.5. The molecule has 0 bridgehead atoms. The minimum atomic E-state index is -3.10. The molecule has 0 saturated heterocycles. The van der Waals surface area contributed by atoms with E-state index < -0.39 is 10.0 Å². The van der Waals surface area contributed by atoms with Crippen LogP contribution in [0.2, 0.25) is 5.02 Å². The first-order valence-corrected chi connectivity index (χ1v) is 7.05. The van der Waals surface area contributed by atoms with Crippen LogP contribution in [0.15, 0.2) is 18.3 Å². The van der Waals surface area contributed by atoms with E-state index in [1.54, 1.807) is 18.3 Å². The van der Waals surface area contributed by atoms with E-state index in [0.717, 1.165) is 6.26 Å². The number of pyridine rings is 1. The Balaban J connectivity index is 2.24. The first kappa shape index (κ1) is 13.2. The van der Waals surface area contributed by atoms with Crippen molar-refractivity contribution >= 4 is 27.4 Å². The summed E-state index contributed by atoms with van der Waals surface area (Å²) < 4.78 is 23.9. The van der Waals surface area contributed by atoms with Gasteiger partial charge in [-0.3, -0.25) is 0 Å². The van der Waals surface area contributed by atoms with Gasteiger partial charge in [-0.2, -0.15) is 0 Å². The fraction of sp³-hybridized carbons (Fsp3) is 0.444. The molecule has 0 radical (unpaired) electrons. The molecular formula is C9H14ClN3O2S. The normalized spacial score (nSPS) is 11.4. The molecule has 1 rings (SSSR count). The molecule has 0 amide bonds. The van der Waals surface area contributed by atoms with Gasteiger partial charge in [0.05, 0.1) is 11.3 Å². The smallest absolute Gasteiger partial charge is 0.208 e. The van der Waals surface area contributed by atoms with Gasteiger partial charge in [-0.05, 0) is 18.6 Å². The molecule has 0 aliphatic rings. The third kappa shape index (κ3) is 5.29. The van der Waals surface area contributed by atoms with Crippen molar-refractivity contribution < 1.29 is 8.42 Å². The molecule has 2 N–H and O–H groups in total. The number of halogens is 1. The summed E-state index contributed by atoms with van der Waals surface area (Å²) in [5, 5.41) is 3.58. The van der Waals surface area contributed by atoms with Crippen LogP contribution in [-0.4, -0.2) is 32.7 Å². The van der Waals surface area contributed by atoms with E-state index in [2.05, 4.69) is 15.0 Å². The lowest BCUT2D eigenvalue weighted by Gasteiger charge is -2.06. The van der Waals surface area contributed by atoms with Gasteiger partial charge in [0.2, 0.25) is 10.0 Å². The highest BCUT2D eigenvalue weighted by atomic mass is 35.5. The van der Waals surface area contributed by atoms with Gasteiger partial charge in [-0.15, -0.1) is 0 Å². The van der Waals surface area contributed by atoms with Crippen molar-refractivity contribution in [1.29, 1.82) is 0 Å². The maximum absolute atomic E-state index is 10.8. The second kappa shape index (κ2) is 6.03. The number of sulfonamides is 1. The highest BCUT2D eigenvalue weighted by molar-refractivity contribution is 7.88. The van der Waals surface area contributed by atoms with Gasteiger partial charge in [0, 0.05) is 19.3 Å². The molecule has 0 spiro atoms. The Kier molecular flexibility index (Phi) is 4.98. The monoisotopic (exact) mass is 263 g/mol. The fourth-order valence-corrected chi connectivity index (χ4v) is 1.77. The summed E-state index contributed by atoms with van der Waals surface area (Å²) in [5.74, 6) is 0.614. The molecule has 0 aromatic carbocycles. The summed E-state index contributed by atoms with van der Waals surface area (Å²) in [6.45, 7) is 1.01. The predicted molar refractivity (Wildman–Crippen MR) is 65.2 cm³/mol. The van der Waals surface area contributed by atoms with Crippen molar-refractivity contribution in [1.82, 2.24) is 9.71 Å². The Hall–Kier alpha value is -0.850. The molecule has 1 aromatic heterocycles. The summed E-state index contributed by atoms with van der Waals surface area (Å²) in [5.41, 5.74) is 0. The molecule has 0 saturated carbocycles. The van der Waals surface area contributed by atoms with Crippen LogP contribution in [0, 0.1) is 0 Å². The molecule has 5 nitrogen and oxygen atoms in total. The highest BCUT2D eigenvalue weighted by Gasteiger charge is 2.00. The van der Waals surface area contributed by atoms with E-state index in [9.17, 15) is 8.42 Å². The Bertz CT molecular complexity index is 436. The number of nitrogens with zero attached hydrogens (tertiary/aromatic N) is 1. The van der Waals surface area contributed by atoms with Gasteiger partial charge in [-0.1, -0.05) is 11.6 Å². The third-order valence-corrected chi connectivity index (χ3v) is 2.80.